The number of hydrogen-bond acceptors (Lipinski definition) is 0. The molecule has 0 saturated carbocycles. The Balaban J connectivity index is 0. The minimum Gasteiger partial charge on any atom is -0.0776 e. The van der Waals surface area contributed by atoms with Gasteiger partial charge in [0.2, 0.25) is 0 Å². The first-order valence-electron chi connectivity index (χ1n) is 0. The van der Waals surface area contributed by atoms with Crippen molar-refractivity contribution >= 4 is 17.4 Å². The van der Waals surface area contributed by atoms with Crippen molar-refractivity contribution in [3.05, 3.63) is 0 Å². The molecule has 20 valence electrons. The smallest absolute Gasteiger partial charge is 0.0776 e. The van der Waals surface area contributed by atoms with E-state index in [-0.39, 0.29) is 66.0 Å². The molecule has 0 aromatic carbocycles. The fourth-order valence-corrected chi connectivity index (χ4v) is 0. The predicted octanol–water partition coefficient (Wildman–Crippen LogP) is -0.553. The Morgan fingerprint density at radius 3 is 1.00 bits per heavy atom. The first kappa shape index (κ1) is 39.8. The van der Waals surface area contributed by atoms with E-state index in [1.807, 2.05) is 0 Å². The second-order valence-corrected chi connectivity index (χ2v) is 0. The van der Waals surface area contributed by atoms with Crippen LogP contribution in [0.2, 0.25) is 0 Å². The first-order chi connectivity index (χ1) is 0. The maximum absolute atomic E-state index is 0. The van der Waals surface area contributed by atoms with Crippen LogP contribution >= 0.6 is 0 Å². The van der Waals surface area contributed by atoms with Crippen molar-refractivity contribution < 1.29 is 41.2 Å². The zero-order valence-corrected chi connectivity index (χ0v) is 5.74. The van der Waals surface area contributed by atoms with Gasteiger partial charge in [-0.2, -0.15) is 0 Å². The third-order valence-corrected chi connectivity index (χ3v) is 0. The predicted molar refractivity (Wildman–Crippen MR) is 16.7 cm³/mol. The van der Waals surface area contributed by atoms with Crippen LogP contribution in [-0.2, 0) is 41.2 Å². The van der Waals surface area contributed by atoms with Crippen molar-refractivity contribution in [3.63, 3.8) is 0 Å². The molecular formula is CH7AlTiZn. The Hall–Kier alpha value is 1.87. The summed E-state index contributed by atoms with van der Waals surface area (Å²) in [6.45, 7) is 0. The molecule has 0 aromatic heterocycles. The van der Waals surface area contributed by atoms with E-state index in [2.05, 4.69) is 0 Å². The van der Waals surface area contributed by atoms with Crippen LogP contribution in [0.4, 0.5) is 0 Å². The van der Waals surface area contributed by atoms with Crippen LogP contribution in [0.25, 0.3) is 0 Å². The molecule has 0 rings (SSSR count). The Labute approximate surface area is 65.5 Å². The zero-order valence-electron chi connectivity index (χ0n) is 1.21. The van der Waals surface area contributed by atoms with Gasteiger partial charge in [0.1, 0.15) is 0 Å². The topological polar surface area (TPSA) is 0 Å². The van der Waals surface area contributed by atoms with Crippen LogP contribution in [0.5, 0.6) is 0 Å². The van der Waals surface area contributed by atoms with Crippen molar-refractivity contribution in [3.8, 4) is 0 Å². The monoisotopic (exact) mass is 158 g/mol. The van der Waals surface area contributed by atoms with E-state index in [0.717, 1.165) is 0 Å². The van der Waals surface area contributed by atoms with E-state index in [4.69, 9.17) is 0 Å². The van der Waals surface area contributed by atoms with Crippen molar-refractivity contribution in [2.45, 2.75) is 7.43 Å². The molecule has 0 saturated heterocycles. The second-order valence-electron chi connectivity index (χ2n) is 0. The molecule has 0 nitrogen and oxygen atoms in total. The van der Waals surface area contributed by atoms with Gasteiger partial charge in [0.15, 0.2) is 17.4 Å². The Bertz CT molecular complexity index is 8.00. The van der Waals surface area contributed by atoms with Crippen LogP contribution in [0.3, 0.4) is 0 Å². The van der Waals surface area contributed by atoms with Gasteiger partial charge in [-0.3, -0.25) is 0 Å². The summed E-state index contributed by atoms with van der Waals surface area (Å²) in [6.07, 6.45) is 0. The molecule has 0 N–H and O–H groups in total. The van der Waals surface area contributed by atoms with Gasteiger partial charge in [-0.15, -0.1) is 0 Å². The summed E-state index contributed by atoms with van der Waals surface area (Å²) in [4.78, 5) is 0. The minimum atomic E-state index is 0. The molecule has 0 radical (unpaired) electrons. The summed E-state index contributed by atoms with van der Waals surface area (Å²) in [7, 11) is 0. The average molecular weight is 159 g/mol. The Kier molecular flexibility index (Phi) is 208. The molecule has 0 aliphatic rings. The molecule has 0 aliphatic heterocycles. The quantitative estimate of drug-likeness (QED) is 0.416. The standard InChI is InChI=1S/CH4.Al.Ti.Zn.3H/h1H4;;;;;;. The number of hydrogen-bond donors (Lipinski definition) is 0. The van der Waals surface area contributed by atoms with Crippen LogP contribution in [0, 0.1) is 0 Å². The SMILES string of the molecule is C.[AlH3].[Ti].[Zn]. The van der Waals surface area contributed by atoms with Crippen molar-refractivity contribution in [1.82, 2.24) is 0 Å². The average Bonchev–Trinajstić information content (AvgIpc) is 0. The molecule has 3 heteroatoms. The second kappa shape index (κ2) is 20.9. The van der Waals surface area contributed by atoms with Crippen molar-refractivity contribution in [2.75, 3.05) is 0 Å². The fourth-order valence-electron chi connectivity index (χ4n) is 0. The van der Waals surface area contributed by atoms with Crippen molar-refractivity contribution in [1.29, 1.82) is 0 Å². The van der Waals surface area contributed by atoms with E-state index in [1.165, 1.54) is 0 Å². The molecule has 0 unspecified atom stereocenters. The molecule has 4 heavy (non-hydrogen) atoms. The summed E-state index contributed by atoms with van der Waals surface area (Å²) >= 11 is 0. The van der Waals surface area contributed by atoms with Crippen LogP contribution in [0.15, 0.2) is 0 Å². The van der Waals surface area contributed by atoms with Gasteiger partial charge in [-0.05, 0) is 0 Å². The zero-order chi connectivity index (χ0) is 0. The summed E-state index contributed by atoms with van der Waals surface area (Å²) in [5.74, 6) is 0. The fraction of sp³-hybridized carbons (Fsp3) is 1.00. The largest absolute Gasteiger partial charge is 0.187 e. The summed E-state index contributed by atoms with van der Waals surface area (Å²) < 4.78 is 0. The van der Waals surface area contributed by atoms with Gasteiger partial charge >= 0.3 is 0 Å². The van der Waals surface area contributed by atoms with E-state index >= 15 is 0 Å². The third kappa shape index (κ3) is 9.12. The van der Waals surface area contributed by atoms with Gasteiger partial charge in [0, 0.05) is 41.2 Å². The third-order valence-electron chi connectivity index (χ3n) is 0. The van der Waals surface area contributed by atoms with Crippen LogP contribution < -0.4 is 0 Å². The molecule has 0 heterocycles. The molecule has 0 bridgehead atoms. The van der Waals surface area contributed by atoms with E-state index < -0.39 is 0 Å². The molecule has 0 aromatic rings. The summed E-state index contributed by atoms with van der Waals surface area (Å²) in [6, 6.07) is 0. The number of rotatable bonds is 0. The summed E-state index contributed by atoms with van der Waals surface area (Å²) in [5.41, 5.74) is 0. The first-order valence-corrected chi connectivity index (χ1v) is 0. The Morgan fingerprint density at radius 1 is 1.00 bits per heavy atom. The van der Waals surface area contributed by atoms with Gasteiger partial charge in [0.25, 0.3) is 0 Å². The molecule has 0 aliphatic carbocycles. The van der Waals surface area contributed by atoms with E-state index in [0.29, 0.717) is 0 Å². The molecule has 0 atom stereocenters. The van der Waals surface area contributed by atoms with Crippen LogP contribution in [0.1, 0.15) is 7.43 Å². The van der Waals surface area contributed by atoms with Crippen molar-refractivity contribution in [2.24, 2.45) is 0 Å². The van der Waals surface area contributed by atoms with E-state index in [1.54, 1.807) is 0 Å². The normalized spacial score (nSPS) is 0. The van der Waals surface area contributed by atoms with Gasteiger partial charge < -0.3 is 0 Å². The molecular weight excluding hydrogens is 152 g/mol. The minimum absolute atomic E-state index is 0. The summed E-state index contributed by atoms with van der Waals surface area (Å²) in [5, 5.41) is 0. The maximum atomic E-state index is 0. The van der Waals surface area contributed by atoms with Gasteiger partial charge in [0.05, 0.1) is 0 Å². The maximum Gasteiger partial charge on any atom is 0.187 e. The molecule has 0 amide bonds. The van der Waals surface area contributed by atoms with Gasteiger partial charge in [-0.25, -0.2) is 0 Å². The Morgan fingerprint density at radius 2 is 1.00 bits per heavy atom. The van der Waals surface area contributed by atoms with Crippen LogP contribution in [-0.4, -0.2) is 17.4 Å². The molecule has 0 fully saturated rings. The van der Waals surface area contributed by atoms with Gasteiger partial charge in [-0.1, -0.05) is 7.43 Å². The van der Waals surface area contributed by atoms with E-state index in [9.17, 15) is 0 Å². The molecule has 0 spiro atoms.